The summed E-state index contributed by atoms with van der Waals surface area (Å²) in [7, 11) is 0. The first-order chi connectivity index (χ1) is 8.08. The maximum absolute atomic E-state index is 11.3. The van der Waals surface area contributed by atoms with Gasteiger partial charge in [0.2, 0.25) is 0 Å². The largest absolute Gasteiger partial charge is 0.346 e. The molecule has 0 aromatic heterocycles. The lowest BCUT2D eigenvalue weighted by Gasteiger charge is -2.43. The first kappa shape index (κ1) is 13.2. The molecule has 17 heavy (non-hydrogen) atoms. The average molecular weight is 337 g/mol. The van der Waals surface area contributed by atoms with Crippen LogP contribution in [0.4, 0.5) is 5.69 Å². The first-order valence-corrected chi connectivity index (χ1v) is 7.01. The number of piperidine rings is 1. The number of alkyl halides is 2. The lowest BCUT2D eigenvalue weighted by atomic mass is 10.0. The van der Waals surface area contributed by atoms with E-state index >= 15 is 0 Å². The van der Waals surface area contributed by atoms with E-state index in [1.165, 1.54) is 0 Å². The summed E-state index contributed by atoms with van der Waals surface area (Å²) >= 11 is 15.9. The zero-order valence-electron chi connectivity index (χ0n) is 9.07. The quantitative estimate of drug-likeness (QED) is 0.465. The van der Waals surface area contributed by atoms with Crippen LogP contribution in [0.1, 0.15) is 12.8 Å². The zero-order chi connectivity index (χ0) is 12.5. The highest BCUT2D eigenvalue weighted by Crippen LogP contribution is 2.38. The van der Waals surface area contributed by atoms with Crippen LogP contribution in [-0.4, -0.2) is 23.2 Å². The minimum absolute atomic E-state index is 0.362. The van der Waals surface area contributed by atoms with Crippen molar-refractivity contribution in [2.75, 3.05) is 11.4 Å². The van der Waals surface area contributed by atoms with Crippen LogP contribution in [0, 0.1) is 0 Å². The molecule has 0 radical (unpaired) electrons. The van der Waals surface area contributed by atoms with Gasteiger partial charge in [-0.2, -0.15) is 0 Å². The van der Waals surface area contributed by atoms with Crippen LogP contribution in [0.2, 0.25) is 0 Å². The van der Waals surface area contributed by atoms with E-state index in [9.17, 15) is 4.79 Å². The Morgan fingerprint density at radius 3 is 2.65 bits per heavy atom. The minimum atomic E-state index is -1.13. The molecule has 1 saturated heterocycles. The highest BCUT2D eigenvalue weighted by Gasteiger charge is 2.44. The molecule has 1 aliphatic rings. The van der Waals surface area contributed by atoms with Crippen LogP contribution in [0.15, 0.2) is 28.7 Å². The van der Waals surface area contributed by atoms with Gasteiger partial charge in [0.05, 0.1) is 5.38 Å². The van der Waals surface area contributed by atoms with Crippen molar-refractivity contribution in [3.05, 3.63) is 28.7 Å². The number of halogens is 3. The molecule has 0 bridgehead atoms. The molecule has 0 amide bonds. The van der Waals surface area contributed by atoms with Gasteiger partial charge in [0.25, 0.3) is 0 Å². The number of nitrogens with zero attached hydrogens (tertiary/aromatic N) is 1. The predicted molar refractivity (Wildman–Crippen MR) is 75.0 cm³/mol. The van der Waals surface area contributed by atoms with Crippen molar-refractivity contribution in [1.29, 1.82) is 0 Å². The predicted octanol–water partition coefficient (Wildman–Crippen LogP) is 3.79. The van der Waals surface area contributed by atoms with E-state index in [0.29, 0.717) is 0 Å². The molecular weight excluding hydrogens is 325 g/mol. The summed E-state index contributed by atoms with van der Waals surface area (Å²) in [4.78, 5) is 12.0. The van der Waals surface area contributed by atoms with Gasteiger partial charge in [-0.3, -0.25) is 4.79 Å². The van der Waals surface area contributed by atoms with Crippen molar-refractivity contribution in [3.8, 4) is 0 Å². The third kappa shape index (κ3) is 2.47. The van der Waals surface area contributed by atoms with E-state index in [0.717, 1.165) is 35.8 Å². The van der Waals surface area contributed by atoms with Crippen molar-refractivity contribution in [2.45, 2.75) is 23.2 Å². The van der Waals surface area contributed by atoms with Gasteiger partial charge in [-0.05, 0) is 37.1 Å². The summed E-state index contributed by atoms with van der Waals surface area (Å²) in [6.07, 6.45) is 2.44. The van der Waals surface area contributed by atoms with Crippen molar-refractivity contribution in [3.63, 3.8) is 0 Å². The highest BCUT2D eigenvalue weighted by molar-refractivity contribution is 9.10. The topological polar surface area (TPSA) is 20.3 Å². The molecule has 0 spiro atoms. The lowest BCUT2D eigenvalue weighted by Crippen LogP contribution is -2.56. The Kier molecular flexibility index (Phi) is 4.01. The molecule has 0 aliphatic carbocycles. The average Bonchev–Trinajstić information content (AvgIpc) is 2.34. The number of benzene rings is 1. The van der Waals surface area contributed by atoms with Crippen LogP contribution in [-0.2, 0) is 4.79 Å². The molecule has 0 N–H and O–H groups in total. The lowest BCUT2D eigenvalue weighted by molar-refractivity contribution is -0.110. The molecule has 1 heterocycles. The smallest absolute Gasteiger partial charge is 0.187 e. The second-order valence-corrected chi connectivity index (χ2v) is 6.13. The van der Waals surface area contributed by atoms with Gasteiger partial charge in [0.15, 0.2) is 11.3 Å². The third-order valence-corrected chi connectivity index (χ3v) is 4.74. The SMILES string of the molecule is O=CC1(Cl)C(Cl)CCCN1c1ccc(Br)cc1. The monoisotopic (exact) mass is 335 g/mol. The normalized spacial score (nSPS) is 29.1. The van der Waals surface area contributed by atoms with Crippen molar-refractivity contribution < 1.29 is 4.79 Å². The summed E-state index contributed by atoms with van der Waals surface area (Å²) in [6.45, 7) is 0.743. The van der Waals surface area contributed by atoms with Gasteiger partial charge in [0.1, 0.15) is 0 Å². The van der Waals surface area contributed by atoms with Crippen molar-refractivity contribution in [1.82, 2.24) is 0 Å². The van der Waals surface area contributed by atoms with Gasteiger partial charge in [0, 0.05) is 16.7 Å². The van der Waals surface area contributed by atoms with E-state index in [1.54, 1.807) is 0 Å². The fourth-order valence-electron chi connectivity index (χ4n) is 2.06. The Hall–Kier alpha value is -0.250. The minimum Gasteiger partial charge on any atom is -0.346 e. The number of anilines is 1. The second-order valence-electron chi connectivity index (χ2n) is 4.08. The van der Waals surface area contributed by atoms with Gasteiger partial charge in [-0.1, -0.05) is 27.5 Å². The van der Waals surface area contributed by atoms with E-state index in [4.69, 9.17) is 23.2 Å². The molecule has 2 atom stereocenters. The van der Waals surface area contributed by atoms with Crippen LogP contribution >= 0.6 is 39.1 Å². The van der Waals surface area contributed by atoms with Crippen LogP contribution in [0.25, 0.3) is 0 Å². The molecule has 0 saturated carbocycles. The van der Waals surface area contributed by atoms with Crippen molar-refractivity contribution >= 4 is 51.1 Å². The number of carbonyl (C=O) groups is 1. The van der Waals surface area contributed by atoms with Crippen LogP contribution in [0.5, 0.6) is 0 Å². The fourth-order valence-corrected chi connectivity index (χ4v) is 2.94. The number of hydrogen-bond donors (Lipinski definition) is 0. The summed E-state index contributed by atoms with van der Waals surface area (Å²) in [5, 5.41) is -0.362. The Morgan fingerprint density at radius 2 is 2.06 bits per heavy atom. The van der Waals surface area contributed by atoms with Crippen LogP contribution < -0.4 is 4.90 Å². The molecule has 2 unspecified atom stereocenters. The molecular formula is C12H12BrCl2NO. The molecule has 1 aromatic rings. The maximum Gasteiger partial charge on any atom is 0.187 e. The molecule has 5 heteroatoms. The second kappa shape index (κ2) is 5.17. The van der Waals surface area contributed by atoms with Gasteiger partial charge >= 0.3 is 0 Å². The number of hydrogen-bond acceptors (Lipinski definition) is 2. The Labute approximate surface area is 119 Å². The van der Waals surface area contributed by atoms with Crippen molar-refractivity contribution in [2.24, 2.45) is 0 Å². The van der Waals surface area contributed by atoms with E-state index < -0.39 is 5.00 Å². The van der Waals surface area contributed by atoms with Gasteiger partial charge in [-0.15, -0.1) is 11.6 Å². The number of carbonyl (C=O) groups excluding carboxylic acids is 1. The molecule has 1 aliphatic heterocycles. The number of rotatable bonds is 2. The summed E-state index contributed by atoms with van der Waals surface area (Å²) in [5.74, 6) is 0. The standard InChI is InChI=1S/C12H12BrCl2NO/c13-9-3-5-10(6-4-9)16-7-1-2-11(14)12(16,15)8-17/h3-6,8,11H,1-2,7H2. The highest BCUT2D eigenvalue weighted by atomic mass is 79.9. The number of aldehydes is 1. The van der Waals surface area contributed by atoms with Gasteiger partial charge in [-0.25, -0.2) is 0 Å². The molecule has 1 aromatic carbocycles. The summed E-state index contributed by atoms with van der Waals surface area (Å²) < 4.78 is 0.993. The van der Waals surface area contributed by atoms with E-state index in [-0.39, 0.29) is 5.38 Å². The first-order valence-electron chi connectivity index (χ1n) is 5.40. The zero-order valence-corrected chi connectivity index (χ0v) is 12.2. The van der Waals surface area contributed by atoms with E-state index in [2.05, 4.69) is 15.9 Å². The maximum atomic E-state index is 11.3. The molecule has 92 valence electrons. The molecule has 1 fully saturated rings. The molecule has 2 rings (SSSR count). The third-order valence-electron chi connectivity index (χ3n) is 3.00. The van der Waals surface area contributed by atoms with Crippen LogP contribution in [0.3, 0.4) is 0 Å². The summed E-state index contributed by atoms with van der Waals surface area (Å²) in [5.41, 5.74) is 0.917. The van der Waals surface area contributed by atoms with E-state index in [1.807, 2.05) is 29.2 Å². The Balaban J connectivity index is 2.35. The fraction of sp³-hybridized carbons (Fsp3) is 0.417. The Morgan fingerprint density at radius 1 is 1.41 bits per heavy atom. The van der Waals surface area contributed by atoms with Gasteiger partial charge < -0.3 is 4.90 Å². The summed E-state index contributed by atoms with van der Waals surface area (Å²) in [6, 6.07) is 7.71. The molecule has 2 nitrogen and oxygen atoms in total. The Bertz CT molecular complexity index is 411.